The summed E-state index contributed by atoms with van der Waals surface area (Å²) in [6.45, 7) is 12.6. The van der Waals surface area contributed by atoms with Crippen molar-refractivity contribution in [3.63, 3.8) is 0 Å². The summed E-state index contributed by atoms with van der Waals surface area (Å²) < 4.78 is 4.79. The summed E-state index contributed by atoms with van der Waals surface area (Å²) in [6, 6.07) is 15.3. The van der Waals surface area contributed by atoms with Gasteiger partial charge < -0.3 is 29.8 Å². The van der Waals surface area contributed by atoms with E-state index in [-0.39, 0.29) is 53.7 Å². The second-order valence-electron chi connectivity index (χ2n) is 16.0. The lowest BCUT2D eigenvalue weighted by Crippen LogP contribution is -2.58. The van der Waals surface area contributed by atoms with Crippen molar-refractivity contribution in [3.8, 4) is 33.6 Å². The van der Waals surface area contributed by atoms with Gasteiger partial charge in [-0.25, -0.2) is 14.8 Å². The smallest absolute Gasteiger partial charge is 0.407 e. The lowest BCUT2D eigenvalue weighted by Gasteiger charge is -2.41. The summed E-state index contributed by atoms with van der Waals surface area (Å²) in [6.07, 6.45) is 2.24. The van der Waals surface area contributed by atoms with Gasteiger partial charge in [-0.1, -0.05) is 106 Å². The molecule has 3 amide bonds. The van der Waals surface area contributed by atoms with E-state index in [9.17, 15) is 14.4 Å². The number of halogens is 2. The fraction of sp³-hybridized carbons (Fsp3) is 0.488. The summed E-state index contributed by atoms with van der Waals surface area (Å²) in [5.74, 6) is 2.27. The highest BCUT2D eigenvalue weighted by Gasteiger charge is 2.51. The molecule has 13 heteroatoms. The Kier molecular flexibility index (Phi) is 10.6. The monoisotopic (exact) mass is 773 g/mol. The molecule has 2 aromatic carbocycles. The molecule has 1 unspecified atom stereocenters. The van der Waals surface area contributed by atoms with Gasteiger partial charge in [0, 0.05) is 29.6 Å². The van der Waals surface area contributed by atoms with Crippen LogP contribution >= 0.6 is 23.2 Å². The molecule has 0 radical (unpaired) electrons. The first-order chi connectivity index (χ1) is 25.7. The molecule has 11 nitrogen and oxygen atoms in total. The minimum absolute atomic E-state index is 0.0194. The zero-order valence-corrected chi connectivity index (χ0v) is 33.3. The van der Waals surface area contributed by atoms with E-state index in [0.29, 0.717) is 34.2 Å². The minimum Gasteiger partial charge on any atom is -0.453 e. The number of likely N-dealkylation sites (tertiary alicyclic amines) is 1. The van der Waals surface area contributed by atoms with E-state index in [1.165, 1.54) is 7.11 Å². The third-order valence-corrected chi connectivity index (χ3v) is 12.4. The van der Waals surface area contributed by atoms with Crippen LogP contribution in [0.4, 0.5) is 4.79 Å². The second-order valence-corrected chi connectivity index (χ2v) is 16.7. The molecule has 54 heavy (non-hydrogen) atoms. The predicted molar refractivity (Wildman–Crippen MR) is 210 cm³/mol. The quantitative estimate of drug-likeness (QED) is 0.164. The Morgan fingerprint density at radius 2 is 1.30 bits per heavy atom. The molecule has 3 aliphatic rings. The largest absolute Gasteiger partial charge is 0.453 e. The lowest BCUT2D eigenvalue weighted by molar-refractivity contribution is -0.142. The van der Waals surface area contributed by atoms with Gasteiger partial charge in [0.15, 0.2) is 10.3 Å². The van der Waals surface area contributed by atoms with Gasteiger partial charge in [-0.2, -0.15) is 0 Å². The molecule has 0 spiro atoms. The van der Waals surface area contributed by atoms with Crippen LogP contribution in [0.5, 0.6) is 0 Å². The van der Waals surface area contributed by atoms with Crippen LogP contribution in [0.25, 0.3) is 33.6 Å². The van der Waals surface area contributed by atoms with Gasteiger partial charge in [0.25, 0.3) is 0 Å². The highest BCUT2D eigenvalue weighted by molar-refractivity contribution is 6.32. The Balaban J connectivity index is 1.07. The number of alkyl carbamates (subject to hydrolysis) is 1. The minimum atomic E-state index is -0.663. The summed E-state index contributed by atoms with van der Waals surface area (Å²) >= 11 is 13.4. The Morgan fingerprint density at radius 1 is 0.796 bits per heavy atom. The number of piperidine rings is 1. The van der Waals surface area contributed by atoms with Crippen LogP contribution in [-0.2, 0) is 14.3 Å². The van der Waals surface area contributed by atoms with Crippen molar-refractivity contribution in [2.24, 2.45) is 23.7 Å². The maximum absolute atomic E-state index is 13.7. The molecular weight excluding hydrogens is 725 g/mol. The Labute approximate surface area is 326 Å². The first-order valence-corrected chi connectivity index (χ1v) is 19.7. The first kappa shape index (κ1) is 37.9. The van der Waals surface area contributed by atoms with Crippen molar-refractivity contribution in [2.75, 3.05) is 7.11 Å². The summed E-state index contributed by atoms with van der Waals surface area (Å²) in [5, 5.41) is 3.46. The maximum Gasteiger partial charge on any atom is 0.407 e. The number of amides is 3. The van der Waals surface area contributed by atoms with Crippen LogP contribution < -0.4 is 5.32 Å². The fourth-order valence-corrected chi connectivity index (χ4v) is 9.26. The summed E-state index contributed by atoms with van der Waals surface area (Å²) in [4.78, 5) is 59.2. The van der Waals surface area contributed by atoms with E-state index in [1.54, 1.807) is 0 Å². The normalized spacial score (nSPS) is 26.7. The van der Waals surface area contributed by atoms with E-state index in [1.807, 2.05) is 53.1 Å². The third kappa shape index (κ3) is 7.01. The van der Waals surface area contributed by atoms with Crippen LogP contribution in [0.3, 0.4) is 0 Å². The van der Waals surface area contributed by atoms with Crippen LogP contribution in [0, 0.1) is 23.7 Å². The number of aromatic amines is 2. The van der Waals surface area contributed by atoms with Crippen LogP contribution in [0.2, 0.25) is 10.3 Å². The van der Waals surface area contributed by atoms with Crippen molar-refractivity contribution >= 4 is 41.1 Å². The maximum atomic E-state index is 13.7. The molecule has 0 bridgehead atoms. The van der Waals surface area contributed by atoms with Crippen molar-refractivity contribution < 1.29 is 19.1 Å². The molecule has 0 aliphatic carbocycles. The average molecular weight is 775 g/mol. The highest BCUT2D eigenvalue weighted by atomic mass is 35.5. The fourth-order valence-electron chi connectivity index (χ4n) is 8.76. The molecular formula is C41H49Cl2N7O4. The van der Waals surface area contributed by atoms with Gasteiger partial charge in [0.2, 0.25) is 11.8 Å². The molecule has 7 rings (SSSR count). The second kappa shape index (κ2) is 15.1. The van der Waals surface area contributed by atoms with Crippen molar-refractivity contribution in [3.05, 3.63) is 70.5 Å². The summed E-state index contributed by atoms with van der Waals surface area (Å²) in [5.41, 5.74) is 5.26. The zero-order valence-electron chi connectivity index (χ0n) is 31.8. The van der Waals surface area contributed by atoms with Gasteiger partial charge in [-0.3, -0.25) is 9.59 Å². The van der Waals surface area contributed by atoms with Crippen LogP contribution in [0.15, 0.2) is 48.5 Å². The number of nitrogens with zero attached hydrogens (tertiary/aromatic N) is 4. The number of hydrogen-bond donors (Lipinski definition) is 3. The number of benzene rings is 2. The number of H-pyrrole nitrogens is 2. The van der Waals surface area contributed by atoms with Gasteiger partial charge in [0.05, 0.1) is 30.6 Å². The molecule has 0 saturated carbocycles. The molecule has 3 fully saturated rings. The number of aromatic nitrogens is 4. The third-order valence-electron chi connectivity index (χ3n) is 11.8. The molecule has 286 valence electrons. The SMILES string of the molecule is COC(=O)N[C@@H]1C(=O)N2[C@H](c3nc(Cl)c(-c4ccc(-c5ccc(-c6[nH]c([C@@H]7C[C@@H](C)[C@H](C)N7C(=O)CC(C)C)nc6Cl)cc5)cc4)[nH]3)C[C@@H](C)[C@@H]2CC1C. The number of rotatable bonds is 8. The topological polar surface area (TPSA) is 136 Å². The average Bonchev–Trinajstić information content (AvgIpc) is 3.89. The number of fused-ring (bicyclic) bond motifs is 1. The van der Waals surface area contributed by atoms with Gasteiger partial charge >= 0.3 is 6.09 Å². The zero-order chi connectivity index (χ0) is 38.6. The molecule has 4 aromatic rings. The van der Waals surface area contributed by atoms with Crippen molar-refractivity contribution in [1.29, 1.82) is 0 Å². The summed E-state index contributed by atoms with van der Waals surface area (Å²) in [7, 11) is 1.30. The molecule has 5 heterocycles. The predicted octanol–water partition coefficient (Wildman–Crippen LogP) is 8.83. The van der Waals surface area contributed by atoms with Crippen LogP contribution in [0.1, 0.15) is 91.0 Å². The molecule has 8 atom stereocenters. The molecule has 3 N–H and O–H groups in total. The molecule has 2 aromatic heterocycles. The van der Waals surface area contributed by atoms with E-state index in [4.69, 9.17) is 37.9 Å². The van der Waals surface area contributed by atoms with E-state index < -0.39 is 12.1 Å². The van der Waals surface area contributed by atoms with Gasteiger partial charge in [-0.05, 0) is 61.0 Å². The van der Waals surface area contributed by atoms with E-state index >= 15 is 0 Å². The lowest BCUT2D eigenvalue weighted by atomic mass is 9.85. The van der Waals surface area contributed by atoms with Gasteiger partial charge in [0.1, 0.15) is 17.7 Å². The number of carbonyl (C=O) groups is 3. The number of ether oxygens (including phenoxy) is 1. The van der Waals surface area contributed by atoms with E-state index in [0.717, 1.165) is 53.0 Å². The van der Waals surface area contributed by atoms with Gasteiger partial charge in [-0.15, -0.1) is 0 Å². The standard InChI is InChI=1S/C41H49Cl2N7O4/c1-20(2)16-32(51)49-24(6)21(3)17-30(49)38-44-34(36(42)47-38)27-12-8-25(9-13-27)26-10-14-28(15-11-26)35-37(43)48-39(45-35)31-18-22(4)29-19-23(5)33(40(52)50(29)31)46-41(53)54-7/h8-15,20-24,29-31,33H,16-19H2,1-7H3,(H,44,47)(H,45,48)(H,46,53)/t21-,22-,23?,24+,29+,30+,31+,33+/m1/s1. The Bertz CT molecular complexity index is 2030. The van der Waals surface area contributed by atoms with E-state index in [2.05, 4.69) is 62.0 Å². The number of imidazole rings is 2. The number of nitrogens with one attached hydrogen (secondary N) is 3. The number of methoxy groups -OCH3 is 1. The molecule has 3 saturated heterocycles. The van der Waals surface area contributed by atoms with Crippen LogP contribution in [-0.4, -0.2) is 72.9 Å². The van der Waals surface area contributed by atoms with Crippen molar-refractivity contribution in [2.45, 2.75) is 97.4 Å². The van der Waals surface area contributed by atoms with Crippen molar-refractivity contribution in [1.82, 2.24) is 35.1 Å². The Morgan fingerprint density at radius 3 is 1.81 bits per heavy atom. The highest BCUT2D eigenvalue weighted by Crippen LogP contribution is 2.46. The number of hydrogen-bond acceptors (Lipinski definition) is 6. The number of carbonyl (C=O) groups excluding carboxylic acids is 3. The molecule has 3 aliphatic heterocycles. The first-order valence-electron chi connectivity index (χ1n) is 18.9. The Hall–Kier alpha value is -4.35.